The zero-order valence-corrected chi connectivity index (χ0v) is 25.1. The molecule has 0 heterocycles. The van der Waals surface area contributed by atoms with Gasteiger partial charge in [0.15, 0.2) is 0 Å². The third-order valence-electron chi connectivity index (χ3n) is 6.31. The average molecular weight is 547 g/mol. The van der Waals surface area contributed by atoms with E-state index in [4.69, 9.17) is 10.5 Å². The fourth-order valence-electron chi connectivity index (χ4n) is 4.39. The van der Waals surface area contributed by atoms with Crippen LogP contribution in [0, 0.1) is 5.92 Å². The van der Waals surface area contributed by atoms with Crippen molar-refractivity contribution in [3.8, 4) is 0 Å². The van der Waals surface area contributed by atoms with Crippen LogP contribution >= 0.6 is 0 Å². The first-order valence-corrected chi connectivity index (χ1v) is 14.1. The molecule has 1 rings (SSSR count). The molecule has 0 radical (unpaired) electrons. The first-order chi connectivity index (χ1) is 18.2. The first-order valence-electron chi connectivity index (χ1n) is 14.1. The van der Waals surface area contributed by atoms with Crippen molar-refractivity contribution in [2.24, 2.45) is 11.7 Å². The van der Waals surface area contributed by atoms with Gasteiger partial charge in [0, 0.05) is 18.5 Å². The highest BCUT2D eigenvalue weighted by molar-refractivity contribution is 5.92. The molecule has 0 bridgehead atoms. The number of nitrogens with zero attached hydrogens (tertiary/aromatic N) is 1. The summed E-state index contributed by atoms with van der Waals surface area (Å²) >= 11 is 0. The topological polar surface area (TPSA) is 131 Å². The van der Waals surface area contributed by atoms with Gasteiger partial charge in [-0.15, -0.1) is 0 Å². The summed E-state index contributed by atoms with van der Waals surface area (Å²) in [7, 11) is 0. The Balaban J connectivity index is 3.58. The van der Waals surface area contributed by atoms with Crippen LogP contribution in [0.4, 0.5) is 4.79 Å². The summed E-state index contributed by atoms with van der Waals surface area (Å²) in [5.74, 6) is -0.962. The van der Waals surface area contributed by atoms with E-state index in [9.17, 15) is 19.2 Å². The zero-order valence-electron chi connectivity index (χ0n) is 25.1. The minimum atomic E-state index is -1.11. The van der Waals surface area contributed by atoms with Gasteiger partial charge in [0.05, 0.1) is 0 Å². The fraction of sp³-hybridized carbons (Fsp3) is 0.667. The molecular weight excluding hydrogens is 496 g/mol. The number of nitrogens with two attached hydrogens (primary N) is 1. The van der Waals surface area contributed by atoms with Crippen LogP contribution in [0.5, 0.6) is 0 Å². The highest BCUT2D eigenvalue weighted by atomic mass is 16.6. The van der Waals surface area contributed by atoms with Gasteiger partial charge in [-0.1, -0.05) is 57.5 Å². The molecule has 1 aromatic carbocycles. The number of hydrogen-bond donors (Lipinski definition) is 3. The van der Waals surface area contributed by atoms with Gasteiger partial charge in [0.2, 0.25) is 17.7 Å². The smallest absolute Gasteiger partial charge is 0.408 e. The maximum Gasteiger partial charge on any atom is 0.408 e. The van der Waals surface area contributed by atoms with Gasteiger partial charge in [0.25, 0.3) is 0 Å². The van der Waals surface area contributed by atoms with Crippen LogP contribution in [-0.4, -0.2) is 52.4 Å². The van der Waals surface area contributed by atoms with Crippen molar-refractivity contribution in [1.82, 2.24) is 15.5 Å². The van der Waals surface area contributed by atoms with Crippen molar-refractivity contribution in [3.63, 3.8) is 0 Å². The largest absolute Gasteiger partial charge is 0.444 e. The summed E-state index contributed by atoms with van der Waals surface area (Å²) in [5.41, 5.74) is 5.28. The predicted octanol–water partition coefficient (Wildman–Crippen LogP) is 4.84. The SMILES string of the molecule is CCCC(C)NC(=O)C(c1ccccc1)N(C(=O)C(CCC(N)=O)NC(=O)OC(C)(C)C)C(C)CCC(C)C. The number of carbonyl (C=O) groups excluding carboxylic acids is 4. The molecule has 0 aromatic heterocycles. The summed E-state index contributed by atoms with van der Waals surface area (Å²) in [6.45, 7) is 15.3. The summed E-state index contributed by atoms with van der Waals surface area (Å²) in [6, 6.07) is 6.69. The standard InChI is InChI=1S/C30H50N4O5/c1-9-13-21(4)32-27(36)26(23-14-11-10-12-15-23)34(22(5)17-16-20(2)3)28(37)24(18-19-25(31)35)33-29(38)39-30(6,7)8/h10-12,14-15,20-22,24,26H,9,13,16-19H2,1-8H3,(H2,31,35)(H,32,36)(H,33,38). The lowest BCUT2D eigenvalue weighted by Gasteiger charge is -2.39. The normalized spacial score (nSPS) is 14.6. The zero-order chi connectivity index (χ0) is 29.8. The van der Waals surface area contributed by atoms with E-state index < -0.39 is 35.6 Å². The summed E-state index contributed by atoms with van der Waals surface area (Å²) in [6.07, 6.45) is 2.28. The predicted molar refractivity (Wildman–Crippen MR) is 154 cm³/mol. The third kappa shape index (κ3) is 12.5. The van der Waals surface area contributed by atoms with Gasteiger partial charge >= 0.3 is 6.09 Å². The number of alkyl carbamates (subject to hydrolysis) is 1. The fourth-order valence-corrected chi connectivity index (χ4v) is 4.39. The Labute approximate surface area is 234 Å². The number of nitrogens with one attached hydrogen (secondary N) is 2. The van der Waals surface area contributed by atoms with Gasteiger partial charge in [-0.2, -0.15) is 0 Å². The molecule has 4 amide bonds. The van der Waals surface area contributed by atoms with Crippen LogP contribution in [-0.2, 0) is 19.1 Å². The van der Waals surface area contributed by atoms with Gasteiger partial charge in [0.1, 0.15) is 17.7 Å². The maximum absolute atomic E-state index is 14.3. The molecule has 39 heavy (non-hydrogen) atoms. The van der Waals surface area contributed by atoms with Crippen LogP contribution in [0.15, 0.2) is 30.3 Å². The van der Waals surface area contributed by atoms with Crippen molar-refractivity contribution in [2.45, 2.75) is 124 Å². The van der Waals surface area contributed by atoms with Crippen molar-refractivity contribution in [2.75, 3.05) is 0 Å². The lowest BCUT2D eigenvalue weighted by atomic mass is 9.96. The molecule has 1 aromatic rings. The minimum Gasteiger partial charge on any atom is -0.444 e. The molecule has 4 atom stereocenters. The summed E-state index contributed by atoms with van der Waals surface area (Å²) in [5, 5.41) is 5.72. The Morgan fingerprint density at radius 3 is 2.05 bits per heavy atom. The maximum atomic E-state index is 14.3. The molecule has 9 heteroatoms. The average Bonchev–Trinajstić information content (AvgIpc) is 2.82. The van der Waals surface area contributed by atoms with E-state index in [0.29, 0.717) is 17.9 Å². The Bertz CT molecular complexity index is 929. The molecule has 0 fully saturated rings. The van der Waals surface area contributed by atoms with Crippen molar-refractivity contribution < 1.29 is 23.9 Å². The van der Waals surface area contributed by atoms with Crippen LogP contribution in [0.1, 0.15) is 106 Å². The number of benzene rings is 1. The van der Waals surface area contributed by atoms with E-state index in [1.807, 2.05) is 51.1 Å². The molecule has 0 aliphatic carbocycles. The van der Waals surface area contributed by atoms with Crippen molar-refractivity contribution >= 4 is 23.8 Å². The molecule has 4 N–H and O–H groups in total. The molecule has 0 saturated carbocycles. The van der Waals surface area contributed by atoms with Gasteiger partial charge < -0.3 is 26.0 Å². The highest BCUT2D eigenvalue weighted by Crippen LogP contribution is 2.28. The summed E-state index contributed by atoms with van der Waals surface area (Å²) < 4.78 is 5.40. The number of amides is 4. The Hall–Kier alpha value is -3.10. The minimum absolute atomic E-state index is 0.0177. The lowest BCUT2D eigenvalue weighted by molar-refractivity contribution is -0.145. The van der Waals surface area contributed by atoms with E-state index in [-0.39, 0.29) is 30.8 Å². The molecule has 0 aliphatic heterocycles. The molecular formula is C30H50N4O5. The Morgan fingerprint density at radius 1 is 0.923 bits per heavy atom. The molecule has 4 unspecified atom stereocenters. The number of rotatable bonds is 15. The number of hydrogen-bond acceptors (Lipinski definition) is 5. The second-order valence-electron chi connectivity index (χ2n) is 11.8. The van der Waals surface area contributed by atoms with E-state index in [1.54, 1.807) is 25.7 Å². The van der Waals surface area contributed by atoms with Crippen molar-refractivity contribution in [1.29, 1.82) is 0 Å². The second kappa shape index (κ2) is 16.1. The van der Waals surface area contributed by atoms with Gasteiger partial charge in [-0.3, -0.25) is 14.4 Å². The number of ether oxygens (including phenoxy) is 1. The molecule has 0 saturated heterocycles. The Morgan fingerprint density at radius 2 is 1.54 bits per heavy atom. The van der Waals surface area contributed by atoms with E-state index in [0.717, 1.165) is 19.3 Å². The van der Waals surface area contributed by atoms with Crippen molar-refractivity contribution in [3.05, 3.63) is 35.9 Å². The molecule has 220 valence electrons. The summed E-state index contributed by atoms with van der Waals surface area (Å²) in [4.78, 5) is 54.1. The first kappa shape index (κ1) is 33.9. The van der Waals surface area contributed by atoms with Crippen LogP contribution in [0.2, 0.25) is 0 Å². The monoisotopic (exact) mass is 546 g/mol. The molecule has 0 spiro atoms. The van der Waals surface area contributed by atoms with Crippen LogP contribution in [0.25, 0.3) is 0 Å². The molecule has 9 nitrogen and oxygen atoms in total. The third-order valence-corrected chi connectivity index (χ3v) is 6.31. The van der Waals surface area contributed by atoms with Gasteiger partial charge in [-0.05, 0) is 71.8 Å². The van der Waals surface area contributed by atoms with E-state index >= 15 is 0 Å². The quantitative estimate of drug-likeness (QED) is 0.290. The Kier molecular flexibility index (Phi) is 14.0. The molecule has 0 aliphatic rings. The van der Waals surface area contributed by atoms with E-state index in [1.165, 1.54) is 0 Å². The van der Waals surface area contributed by atoms with E-state index in [2.05, 4.69) is 24.5 Å². The number of primary amides is 1. The van der Waals surface area contributed by atoms with Gasteiger partial charge in [-0.25, -0.2) is 4.79 Å². The second-order valence-corrected chi connectivity index (χ2v) is 11.8. The van der Waals surface area contributed by atoms with Crippen LogP contribution < -0.4 is 16.4 Å². The highest BCUT2D eigenvalue weighted by Gasteiger charge is 2.39. The number of carbonyl (C=O) groups is 4. The van der Waals surface area contributed by atoms with Crippen LogP contribution in [0.3, 0.4) is 0 Å². The lowest BCUT2D eigenvalue weighted by Crippen LogP contribution is -2.56.